The molecule has 0 radical (unpaired) electrons. The van der Waals surface area contributed by atoms with Crippen LogP contribution in [0.4, 0.5) is 4.79 Å². The summed E-state index contributed by atoms with van der Waals surface area (Å²) in [6.45, 7) is 4.68. The van der Waals surface area contributed by atoms with Gasteiger partial charge in [0.25, 0.3) is 0 Å². The first kappa shape index (κ1) is 17.7. The van der Waals surface area contributed by atoms with Crippen LogP contribution >= 0.6 is 0 Å². The molecule has 9 heteroatoms. The van der Waals surface area contributed by atoms with E-state index in [1.807, 2.05) is 0 Å². The normalized spacial score (nSPS) is 26.4. The highest BCUT2D eigenvalue weighted by molar-refractivity contribution is 7.88. The van der Waals surface area contributed by atoms with E-state index < -0.39 is 39.8 Å². The highest BCUT2D eigenvalue weighted by Crippen LogP contribution is 2.36. The predicted molar refractivity (Wildman–Crippen MR) is 74.8 cm³/mol. The van der Waals surface area contributed by atoms with Crippen molar-refractivity contribution in [1.82, 2.24) is 9.44 Å². The van der Waals surface area contributed by atoms with Gasteiger partial charge in [-0.15, -0.1) is 0 Å². The first-order chi connectivity index (χ1) is 9.57. The van der Waals surface area contributed by atoms with Crippen molar-refractivity contribution >= 4 is 22.3 Å². The van der Waals surface area contributed by atoms with Crippen molar-refractivity contribution in [1.29, 1.82) is 0 Å². The van der Waals surface area contributed by atoms with E-state index in [4.69, 9.17) is 0 Å². The van der Waals surface area contributed by atoms with Crippen LogP contribution in [0.2, 0.25) is 0 Å². The van der Waals surface area contributed by atoms with Crippen LogP contribution in [-0.4, -0.2) is 37.7 Å². The molecule has 122 valence electrons. The van der Waals surface area contributed by atoms with Gasteiger partial charge in [-0.05, 0) is 33.6 Å². The molecule has 0 heterocycles. The number of amides is 1. The van der Waals surface area contributed by atoms with Crippen molar-refractivity contribution in [2.24, 2.45) is 5.41 Å². The predicted octanol–water partition coefficient (Wildman–Crippen LogP) is 0.989. The third-order valence-electron chi connectivity index (χ3n) is 3.55. The van der Waals surface area contributed by atoms with Gasteiger partial charge in [-0.3, -0.25) is 4.79 Å². The van der Waals surface area contributed by atoms with Crippen molar-refractivity contribution in [2.75, 3.05) is 0 Å². The minimum Gasteiger partial charge on any atom is -0.481 e. The summed E-state index contributed by atoms with van der Waals surface area (Å²) in [7, 11) is -4.17. The number of hydrogen-bond donors (Lipinski definition) is 3. The molecule has 1 amide bonds. The highest BCUT2D eigenvalue weighted by atomic mass is 32.2. The number of rotatable bonds is 5. The van der Waals surface area contributed by atoms with Gasteiger partial charge in [0.2, 0.25) is 0 Å². The van der Waals surface area contributed by atoms with Gasteiger partial charge in [0.1, 0.15) is 0 Å². The topological polar surface area (TPSA) is 122 Å². The van der Waals surface area contributed by atoms with E-state index in [1.165, 1.54) is 6.92 Å². The zero-order valence-electron chi connectivity index (χ0n) is 12.4. The van der Waals surface area contributed by atoms with Crippen LogP contribution in [-0.2, 0) is 19.7 Å². The zero-order chi connectivity index (χ0) is 16.3. The van der Waals surface area contributed by atoms with Crippen LogP contribution in [0.3, 0.4) is 0 Å². The average molecular weight is 322 g/mol. The second-order valence-corrected chi connectivity index (χ2v) is 7.15. The minimum atomic E-state index is -4.17. The summed E-state index contributed by atoms with van der Waals surface area (Å²) in [6.07, 6.45) is 0.690. The molecule has 0 aromatic rings. The van der Waals surface area contributed by atoms with Crippen molar-refractivity contribution < 1.29 is 27.9 Å². The summed E-state index contributed by atoms with van der Waals surface area (Å²) in [6, 6.07) is -0.770. The molecule has 8 nitrogen and oxygen atoms in total. The molecule has 0 bridgehead atoms. The Kier molecular flexibility index (Phi) is 5.57. The van der Waals surface area contributed by atoms with Crippen molar-refractivity contribution in [3.8, 4) is 0 Å². The quantitative estimate of drug-likeness (QED) is 0.694. The van der Waals surface area contributed by atoms with Gasteiger partial charge >= 0.3 is 22.3 Å². The molecule has 1 rings (SSSR count). The molecule has 0 aromatic heterocycles. The summed E-state index contributed by atoms with van der Waals surface area (Å²) in [5.41, 5.74) is -1.19. The molecule has 1 aliphatic rings. The first-order valence-corrected chi connectivity index (χ1v) is 8.29. The monoisotopic (exact) mass is 322 g/mol. The summed E-state index contributed by atoms with van der Waals surface area (Å²) >= 11 is 0. The number of aliphatic carboxylic acids is 1. The Labute approximate surface area is 124 Å². The van der Waals surface area contributed by atoms with E-state index >= 15 is 0 Å². The number of carboxylic acids is 1. The van der Waals surface area contributed by atoms with Crippen molar-refractivity contribution in [2.45, 2.75) is 58.6 Å². The van der Waals surface area contributed by atoms with Gasteiger partial charge in [-0.25, -0.2) is 9.52 Å². The van der Waals surface area contributed by atoms with Crippen LogP contribution < -0.4 is 9.44 Å². The smallest absolute Gasteiger partial charge is 0.422 e. The fourth-order valence-corrected chi connectivity index (χ4v) is 3.42. The first-order valence-electron chi connectivity index (χ1n) is 6.81. The molecule has 1 fully saturated rings. The third kappa shape index (κ3) is 4.85. The minimum absolute atomic E-state index is 0.381. The number of nitrogens with one attached hydrogen (secondary N) is 2. The fraction of sp³-hybridized carbons (Fsp3) is 0.833. The number of carboxylic acid groups (broad SMARTS) is 1. The second-order valence-electron chi connectivity index (χ2n) is 5.70. The lowest BCUT2D eigenvalue weighted by Gasteiger charge is -2.37. The Morgan fingerprint density at radius 1 is 1.33 bits per heavy atom. The van der Waals surface area contributed by atoms with Crippen molar-refractivity contribution in [3.05, 3.63) is 0 Å². The van der Waals surface area contributed by atoms with E-state index in [2.05, 4.69) is 9.46 Å². The lowest BCUT2D eigenvalue weighted by molar-refractivity contribution is -0.151. The maximum atomic E-state index is 11.9. The fourth-order valence-electron chi connectivity index (χ4n) is 2.34. The maximum absolute atomic E-state index is 11.9. The van der Waals surface area contributed by atoms with Gasteiger partial charge in [-0.1, -0.05) is 12.8 Å². The Morgan fingerprint density at radius 3 is 2.48 bits per heavy atom. The Balaban J connectivity index is 2.77. The van der Waals surface area contributed by atoms with Crippen LogP contribution in [0.25, 0.3) is 0 Å². The average Bonchev–Trinajstić information content (AvgIpc) is 2.29. The van der Waals surface area contributed by atoms with Crippen LogP contribution in [0.15, 0.2) is 0 Å². The number of carbonyl (C=O) groups is 2. The van der Waals surface area contributed by atoms with Gasteiger partial charge in [0.15, 0.2) is 0 Å². The summed E-state index contributed by atoms with van der Waals surface area (Å²) in [5, 5.41) is 9.32. The van der Waals surface area contributed by atoms with E-state index in [0.29, 0.717) is 12.8 Å². The molecule has 2 unspecified atom stereocenters. The van der Waals surface area contributed by atoms with Gasteiger partial charge in [-0.2, -0.15) is 13.1 Å². The lowest BCUT2D eigenvalue weighted by Crippen LogP contribution is -2.55. The van der Waals surface area contributed by atoms with Crippen LogP contribution in [0, 0.1) is 5.41 Å². The maximum Gasteiger partial charge on any atom is 0.422 e. The molecule has 0 aromatic carbocycles. The Morgan fingerprint density at radius 2 is 1.95 bits per heavy atom. The van der Waals surface area contributed by atoms with Gasteiger partial charge in [0.05, 0.1) is 11.5 Å². The number of hydrogen-bond acceptors (Lipinski definition) is 5. The number of ether oxygens (including phenoxy) is 1. The molecular formula is C12H22N2O6S. The van der Waals surface area contributed by atoms with Crippen LogP contribution in [0.5, 0.6) is 0 Å². The molecule has 0 spiro atoms. The van der Waals surface area contributed by atoms with E-state index in [0.717, 1.165) is 12.8 Å². The molecule has 0 saturated heterocycles. The Hall–Kier alpha value is -1.35. The summed E-state index contributed by atoms with van der Waals surface area (Å²) < 4.78 is 32.4. The van der Waals surface area contributed by atoms with E-state index in [9.17, 15) is 23.1 Å². The standard InChI is InChI=1S/C12H22N2O6S/c1-8(2)20-11(17)14-21(18,19)13-9-6-4-5-7-12(9,3)10(15)16/h8-9,13H,4-7H2,1-3H3,(H,14,17)(H,15,16). The third-order valence-corrected chi connectivity index (χ3v) is 4.58. The highest BCUT2D eigenvalue weighted by Gasteiger charge is 2.45. The molecule has 3 N–H and O–H groups in total. The molecule has 0 aliphatic heterocycles. The molecule has 2 atom stereocenters. The Bertz CT molecular complexity index is 504. The van der Waals surface area contributed by atoms with E-state index in [1.54, 1.807) is 18.6 Å². The molecular weight excluding hydrogens is 300 g/mol. The summed E-state index contributed by atoms with van der Waals surface area (Å²) in [4.78, 5) is 22.7. The molecule has 21 heavy (non-hydrogen) atoms. The van der Waals surface area contributed by atoms with Gasteiger partial charge in [0, 0.05) is 6.04 Å². The molecule has 1 saturated carbocycles. The largest absolute Gasteiger partial charge is 0.481 e. The SMILES string of the molecule is CC(C)OC(=O)NS(=O)(=O)NC1CCCCC1(C)C(=O)O. The molecule has 1 aliphatic carbocycles. The second kappa shape index (κ2) is 6.61. The summed E-state index contributed by atoms with van der Waals surface area (Å²) in [5.74, 6) is -1.06. The number of carbonyl (C=O) groups excluding carboxylic acids is 1. The van der Waals surface area contributed by atoms with E-state index in [-0.39, 0.29) is 0 Å². The van der Waals surface area contributed by atoms with Crippen LogP contribution in [0.1, 0.15) is 46.5 Å². The lowest BCUT2D eigenvalue weighted by atomic mass is 9.72. The van der Waals surface area contributed by atoms with Gasteiger partial charge < -0.3 is 9.84 Å². The zero-order valence-corrected chi connectivity index (χ0v) is 13.2. The van der Waals surface area contributed by atoms with Crippen molar-refractivity contribution in [3.63, 3.8) is 0 Å².